The predicted octanol–water partition coefficient (Wildman–Crippen LogP) is 2.50. The third-order valence-corrected chi connectivity index (χ3v) is 5.11. The van der Waals surface area contributed by atoms with Gasteiger partial charge in [-0.15, -0.1) is 0 Å². The molecule has 0 unspecified atom stereocenters. The zero-order valence-electron chi connectivity index (χ0n) is 17.5. The highest BCUT2D eigenvalue weighted by atomic mass is 16.5. The molecule has 1 heterocycles. The van der Waals surface area contributed by atoms with Crippen LogP contribution in [0, 0.1) is 0 Å². The predicted molar refractivity (Wildman–Crippen MR) is 114 cm³/mol. The van der Waals surface area contributed by atoms with Crippen molar-refractivity contribution < 1.29 is 23.9 Å². The van der Waals surface area contributed by atoms with E-state index in [1.54, 1.807) is 31.2 Å². The lowest BCUT2D eigenvalue weighted by atomic mass is 9.93. The van der Waals surface area contributed by atoms with Crippen LogP contribution in [0.5, 0.6) is 0 Å². The lowest BCUT2D eigenvalue weighted by molar-refractivity contribution is -0.155. The molecule has 2 atom stereocenters. The summed E-state index contributed by atoms with van der Waals surface area (Å²) in [5.74, 6) is -1.84. The van der Waals surface area contributed by atoms with Crippen molar-refractivity contribution in [3.8, 4) is 0 Å². The number of rotatable bonds is 8. The van der Waals surface area contributed by atoms with Gasteiger partial charge in [-0.1, -0.05) is 48.5 Å². The van der Waals surface area contributed by atoms with E-state index in [0.29, 0.717) is 18.5 Å². The number of amides is 4. The van der Waals surface area contributed by atoms with Gasteiger partial charge in [0.2, 0.25) is 0 Å². The number of nitrogens with one attached hydrogen (secondary N) is 2. The van der Waals surface area contributed by atoms with Crippen LogP contribution in [-0.4, -0.2) is 46.9 Å². The summed E-state index contributed by atoms with van der Waals surface area (Å²) in [7, 11) is 0. The van der Waals surface area contributed by atoms with Crippen LogP contribution in [0.4, 0.5) is 10.5 Å². The van der Waals surface area contributed by atoms with Crippen molar-refractivity contribution in [3.63, 3.8) is 0 Å². The Labute approximate surface area is 180 Å². The third-order valence-electron chi connectivity index (χ3n) is 5.11. The molecule has 0 spiro atoms. The number of urea groups is 1. The van der Waals surface area contributed by atoms with E-state index >= 15 is 0 Å². The Morgan fingerprint density at radius 2 is 1.68 bits per heavy atom. The van der Waals surface area contributed by atoms with E-state index in [1.807, 2.05) is 36.4 Å². The largest absolute Gasteiger partial charge is 0.451 e. The average molecular weight is 423 g/mol. The monoisotopic (exact) mass is 423 g/mol. The molecule has 162 valence electrons. The number of carbonyl (C=O) groups is 4. The quantitative estimate of drug-likeness (QED) is 0.501. The Bertz CT molecular complexity index is 964. The molecule has 3 rings (SSSR count). The highest BCUT2D eigenvalue weighted by Crippen LogP contribution is 2.23. The number of ether oxygens (including phenoxy) is 1. The van der Waals surface area contributed by atoms with Gasteiger partial charge in [-0.05, 0) is 44.4 Å². The number of hydrogen-bond acceptors (Lipinski definition) is 5. The molecule has 0 radical (unpaired) electrons. The molecule has 1 aliphatic heterocycles. The van der Waals surface area contributed by atoms with E-state index in [-0.39, 0.29) is 0 Å². The lowest BCUT2D eigenvalue weighted by Gasteiger charge is -2.21. The van der Waals surface area contributed by atoms with Crippen LogP contribution in [0.25, 0.3) is 0 Å². The van der Waals surface area contributed by atoms with Crippen molar-refractivity contribution in [1.82, 2.24) is 10.2 Å². The van der Waals surface area contributed by atoms with Gasteiger partial charge in [0.15, 0.2) is 6.10 Å². The van der Waals surface area contributed by atoms with Crippen LogP contribution in [0.1, 0.15) is 25.8 Å². The third kappa shape index (κ3) is 5.48. The van der Waals surface area contributed by atoms with E-state index in [9.17, 15) is 19.2 Å². The summed E-state index contributed by atoms with van der Waals surface area (Å²) >= 11 is 0. The molecule has 0 aromatic heterocycles. The Morgan fingerprint density at radius 1 is 1.06 bits per heavy atom. The van der Waals surface area contributed by atoms with Gasteiger partial charge < -0.3 is 15.4 Å². The molecule has 2 aromatic rings. The number of esters is 1. The van der Waals surface area contributed by atoms with Crippen LogP contribution in [-0.2, 0) is 25.5 Å². The zero-order valence-corrected chi connectivity index (χ0v) is 17.5. The first-order chi connectivity index (χ1) is 14.8. The summed E-state index contributed by atoms with van der Waals surface area (Å²) in [5, 5.41) is 5.29. The van der Waals surface area contributed by atoms with Gasteiger partial charge >= 0.3 is 12.0 Å². The second-order valence-electron chi connectivity index (χ2n) is 7.63. The van der Waals surface area contributed by atoms with Gasteiger partial charge in [0.25, 0.3) is 11.8 Å². The summed E-state index contributed by atoms with van der Waals surface area (Å²) in [6, 6.07) is 17.7. The normalized spacial score (nSPS) is 19.0. The van der Waals surface area contributed by atoms with Gasteiger partial charge in [0.1, 0.15) is 12.1 Å². The second kappa shape index (κ2) is 9.42. The number of anilines is 1. The fourth-order valence-corrected chi connectivity index (χ4v) is 3.28. The van der Waals surface area contributed by atoms with Crippen LogP contribution in [0.2, 0.25) is 0 Å². The van der Waals surface area contributed by atoms with Crippen LogP contribution >= 0.6 is 0 Å². The molecule has 1 aliphatic rings. The molecule has 8 nitrogen and oxygen atoms in total. The zero-order chi connectivity index (χ0) is 22.4. The van der Waals surface area contributed by atoms with Gasteiger partial charge in [-0.3, -0.25) is 19.3 Å². The van der Waals surface area contributed by atoms with Gasteiger partial charge in [-0.25, -0.2) is 4.79 Å². The molecule has 8 heteroatoms. The number of carbonyl (C=O) groups excluding carboxylic acids is 4. The van der Waals surface area contributed by atoms with Gasteiger partial charge in [0.05, 0.1) is 0 Å². The minimum Gasteiger partial charge on any atom is -0.451 e. The fraction of sp³-hybridized carbons (Fsp3) is 0.304. The number of benzene rings is 2. The van der Waals surface area contributed by atoms with Crippen molar-refractivity contribution in [2.75, 3.05) is 11.9 Å². The minimum atomic E-state index is -1.11. The summed E-state index contributed by atoms with van der Waals surface area (Å²) < 4.78 is 5.12. The molecule has 1 saturated heterocycles. The van der Waals surface area contributed by atoms with Gasteiger partial charge in [-0.2, -0.15) is 0 Å². The lowest BCUT2D eigenvalue weighted by Crippen LogP contribution is -2.45. The number of hydrogen-bond donors (Lipinski definition) is 2. The van der Waals surface area contributed by atoms with Crippen molar-refractivity contribution >= 4 is 29.5 Å². The number of para-hydroxylation sites is 1. The Kier molecular flexibility index (Phi) is 6.69. The maximum Gasteiger partial charge on any atom is 0.327 e. The van der Waals surface area contributed by atoms with E-state index in [1.165, 1.54) is 6.92 Å². The average Bonchev–Trinajstić information content (AvgIpc) is 2.97. The maximum atomic E-state index is 12.8. The summed E-state index contributed by atoms with van der Waals surface area (Å²) in [5.41, 5.74) is 0.504. The number of aryl methyl sites for hydroxylation is 1. The molecule has 31 heavy (non-hydrogen) atoms. The molecule has 0 aliphatic carbocycles. The van der Waals surface area contributed by atoms with Crippen molar-refractivity contribution in [1.29, 1.82) is 0 Å². The van der Waals surface area contributed by atoms with Crippen molar-refractivity contribution in [2.24, 2.45) is 0 Å². The Hall–Kier alpha value is -3.68. The van der Waals surface area contributed by atoms with E-state index < -0.39 is 42.0 Å². The SMILES string of the molecule is C[C@H](OC(=O)CN1C(=O)N[C@](C)(CCc2ccccc2)C1=O)C(=O)Nc1ccccc1. The number of imide groups is 1. The second-order valence-corrected chi connectivity index (χ2v) is 7.63. The summed E-state index contributed by atoms with van der Waals surface area (Å²) in [4.78, 5) is 50.4. The van der Waals surface area contributed by atoms with Crippen LogP contribution in [0.3, 0.4) is 0 Å². The smallest absolute Gasteiger partial charge is 0.327 e. The van der Waals surface area contributed by atoms with Crippen LogP contribution < -0.4 is 10.6 Å². The van der Waals surface area contributed by atoms with Crippen molar-refractivity contribution in [2.45, 2.75) is 38.3 Å². The molecule has 2 aromatic carbocycles. The Balaban J connectivity index is 1.53. The first kappa shape index (κ1) is 22.0. The Morgan fingerprint density at radius 3 is 2.32 bits per heavy atom. The highest BCUT2D eigenvalue weighted by molar-refractivity contribution is 6.08. The number of nitrogens with zero attached hydrogens (tertiary/aromatic N) is 1. The highest BCUT2D eigenvalue weighted by Gasteiger charge is 2.48. The van der Waals surface area contributed by atoms with Gasteiger partial charge in [0, 0.05) is 5.69 Å². The fourth-order valence-electron chi connectivity index (χ4n) is 3.28. The molecule has 4 amide bonds. The minimum absolute atomic E-state index is 0.392. The summed E-state index contributed by atoms with van der Waals surface area (Å²) in [6.07, 6.45) is -0.0978. The van der Waals surface area contributed by atoms with E-state index in [2.05, 4.69) is 10.6 Å². The summed E-state index contributed by atoms with van der Waals surface area (Å²) in [6.45, 7) is 2.50. The molecule has 0 saturated carbocycles. The first-order valence-corrected chi connectivity index (χ1v) is 10.0. The molecule has 2 N–H and O–H groups in total. The molecular formula is C23H25N3O5. The van der Waals surface area contributed by atoms with Crippen molar-refractivity contribution in [3.05, 3.63) is 66.2 Å². The van der Waals surface area contributed by atoms with E-state index in [4.69, 9.17) is 4.74 Å². The maximum absolute atomic E-state index is 12.8. The van der Waals surface area contributed by atoms with E-state index in [0.717, 1.165) is 10.5 Å². The standard InChI is InChI=1S/C23H25N3O5/c1-16(20(28)24-18-11-7-4-8-12-18)31-19(27)15-26-21(29)23(2,25-22(26)30)14-13-17-9-5-3-6-10-17/h3-12,16H,13-15H2,1-2H3,(H,24,28)(H,25,30)/t16-,23+/m0/s1. The topological polar surface area (TPSA) is 105 Å². The molecule has 0 bridgehead atoms. The van der Waals surface area contributed by atoms with Crippen LogP contribution in [0.15, 0.2) is 60.7 Å². The molecular weight excluding hydrogens is 398 g/mol. The first-order valence-electron chi connectivity index (χ1n) is 10.0. The molecule has 1 fully saturated rings.